The van der Waals surface area contributed by atoms with Crippen molar-refractivity contribution >= 4 is 16.8 Å². The van der Waals surface area contributed by atoms with Crippen molar-refractivity contribution in [1.82, 2.24) is 19.9 Å². The first-order chi connectivity index (χ1) is 12.4. The number of hydrogen-bond donors (Lipinski definition) is 2. The van der Waals surface area contributed by atoms with Gasteiger partial charge in [0.2, 0.25) is 5.91 Å². The summed E-state index contributed by atoms with van der Waals surface area (Å²) in [6.07, 6.45) is 0.833. The van der Waals surface area contributed by atoms with Gasteiger partial charge in [0, 0.05) is 6.07 Å². The molecule has 1 aromatic carbocycles. The molecule has 1 amide bonds. The molecule has 2 aromatic heterocycles. The summed E-state index contributed by atoms with van der Waals surface area (Å²) in [7, 11) is 0. The number of hydrogen-bond acceptors (Lipinski definition) is 4. The van der Waals surface area contributed by atoms with Crippen molar-refractivity contribution in [2.45, 2.75) is 19.5 Å². The number of halogens is 2. The molecule has 7 nitrogen and oxygen atoms in total. The van der Waals surface area contributed by atoms with E-state index in [0.717, 1.165) is 10.8 Å². The molecule has 0 radical (unpaired) electrons. The Kier molecular flexibility index (Phi) is 4.61. The van der Waals surface area contributed by atoms with Crippen molar-refractivity contribution in [3.05, 3.63) is 74.7 Å². The Morgan fingerprint density at radius 1 is 1.31 bits per heavy atom. The van der Waals surface area contributed by atoms with E-state index in [1.165, 1.54) is 13.0 Å². The number of H-pyrrole nitrogens is 1. The number of carbonyl (C=O) groups excluding carboxylic acids is 1. The summed E-state index contributed by atoms with van der Waals surface area (Å²) in [5.41, 5.74) is -1.13. The Hall–Kier alpha value is -3.36. The zero-order chi connectivity index (χ0) is 18.8. The monoisotopic (exact) mass is 360 g/mol. The van der Waals surface area contributed by atoms with Crippen LogP contribution in [0.15, 0.2) is 46.1 Å². The second-order valence-corrected chi connectivity index (χ2v) is 5.68. The van der Waals surface area contributed by atoms with E-state index in [4.69, 9.17) is 0 Å². The van der Waals surface area contributed by atoms with Gasteiger partial charge >= 0.3 is 5.69 Å². The third-order valence-electron chi connectivity index (χ3n) is 3.82. The highest BCUT2D eigenvalue weighted by Gasteiger charge is 2.17. The molecule has 0 spiro atoms. The average Bonchev–Trinajstić information content (AvgIpc) is 2.58. The molecule has 2 N–H and O–H groups in total. The zero-order valence-electron chi connectivity index (χ0n) is 13.6. The Morgan fingerprint density at radius 3 is 2.77 bits per heavy atom. The Morgan fingerprint density at radius 2 is 2.04 bits per heavy atom. The maximum atomic E-state index is 13.7. The van der Waals surface area contributed by atoms with Crippen molar-refractivity contribution < 1.29 is 13.6 Å². The molecule has 0 bridgehead atoms. The molecule has 0 fully saturated rings. The fourth-order valence-corrected chi connectivity index (χ4v) is 2.59. The molecule has 3 rings (SSSR count). The van der Waals surface area contributed by atoms with E-state index in [1.54, 1.807) is 18.2 Å². The van der Waals surface area contributed by atoms with Crippen molar-refractivity contribution in [2.75, 3.05) is 0 Å². The van der Waals surface area contributed by atoms with Crippen LogP contribution in [0.2, 0.25) is 0 Å². The van der Waals surface area contributed by atoms with Gasteiger partial charge in [-0.15, -0.1) is 0 Å². The van der Waals surface area contributed by atoms with Gasteiger partial charge in [-0.05, 0) is 19.1 Å². The molecule has 0 aliphatic rings. The Labute approximate surface area is 145 Å². The molecular formula is C17H14F2N4O3. The van der Waals surface area contributed by atoms with Gasteiger partial charge in [0.15, 0.2) is 0 Å². The maximum absolute atomic E-state index is 13.7. The van der Waals surface area contributed by atoms with Crippen molar-refractivity contribution in [3.8, 4) is 0 Å². The predicted molar refractivity (Wildman–Crippen MR) is 89.5 cm³/mol. The number of carbonyl (C=O) groups is 1. The van der Waals surface area contributed by atoms with Crippen LogP contribution in [0.3, 0.4) is 0 Å². The van der Waals surface area contributed by atoms with Gasteiger partial charge in [-0.1, -0.05) is 12.1 Å². The topological polar surface area (TPSA) is 96.9 Å². The highest BCUT2D eigenvalue weighted by molar-refractivity contribution is 5.79. The van der Waals surface area contributed by atoms with E-state index < -0.39 is 41.4 Å². The average molecular weight is 360 g/mol. The molecule has 1 unspecified atom stereocenters. The standard InChI is InChI=1S/C17H14F2N4O3/c1-9(15-12(19)6-10(18)7-20-15)21-14(24)8-23-16(25)11-4-2-3-5-13(11)22-17(23)26/h2-7,9H,8H2,1H3,(H,21,24)(H,22,26). The van der Waals surface area contributed by atoms with Gasteiger partial charge in [-0.25, -0.2) is 13.6 Å². The summed E-state index contributed by atoms with van der Waals surface area (Å²) >= 11 is 0. The lowest BCUT2D eigenvalue weighted by Crippen LogP contribution is -2.41. The van der Waals surface area contributed by atoms with Crippen molar-refractivity contribution in [2.24, 2.45) is 0 Å². The lowest BCUT2D eigenvalue weighted by Gasteiger charge is -2.14. The summed E-state index contributed by atoms with van der Waals surface area (Å²) in [4.78, 5) is 42.7. The maximum Gasteiger partial charge on any atom is 0.329 e. The van der Waals surface area contributed by atoms with E-state index in [-0.39, 0.29) is 11.1 Å². The highest BCUT2D eigenvalue weighted by Crippen LogP contribution is 2.14. The minimum Gasteiger partial charge on any atom is -0.346 e. The van der Waals surface area contributed by atoms with Gasteiger partial charge in [0.25, 0.3) is 5.56 Å². The number of aromatic nitrogens is 3. The number of rotatable bonds is 4. The van der Waals surface area contributed by atoms with Crippen LogP contribution in [0.5, 0.6) is 0 Å². The number of para-hydroxylation sites is 1. The van der Waals surface area contributed by atoms with Gasteiger partial charge in [0.1, 0.15) is 18.2 Å². The van der Waals surface area contributed by atoms with Gasteiger partial charge in [0.05, 0.1) is 28.8 Å². The summed E-state index contributed by atoms with van der Waals surface area (Å²) in [5.74, 6) is -2.43. The molecule has 0 aliphatic heterocycles. The van der Waals surface area contributed by atoms with E-state index in [0.29, 0.717) is 11.6 Å². The smallest absolute Gasteiger partial charge is 0.329 e. The number of benzene rings is 1. The number of fused-ring (bicyclic) bond motifs is 1. The number of nitrogens with zero attached hydrogens (tertiary/aromatic N) is 2. The summed E-state index contributed by atoms with van der Waals surface area (Å²) < 4.78 is 27.4. The van der Waals surface area contributed by atoms with Crippen LogP contribution in [-0.2, 0) is 11.3 Å². The second-order valence-electron chi connectivity index (χ2n) is 5.68. The molecule has 1 atom stereocenters. The minimum atomic E-state index is -0.904. The Balaban J connectivity index is 1.83. The molecule has 134 valence electrons. The van der Waals surface area contributed by atoms with Crippen LogP contribution in [0.25, 0.3) is 10.9 Å². The van der Waals surface area contributed by atoms with Crippen LogP contribution in [0.4, 0.5) is 8.78 Å². The van der Waals surface area contributed by atoms with Crippen LogP contribution in [0.1, 0.15) is 18.7 Å². The lowest BCUT2D eigenvalue weighted by molar-refractivity contribution is -0.122. The molecule has 9 heteroatoms. The largest absolute Gasteiger partial charge is 0.346 e. The van der Waals surface area contributed by atoms with Crippen LogP contribution in [-0.4, -0.2) is 20.4 Å². The molecule has 0 aliphatic carbocycles. The van der Waals surface area contributed by atoms with E-state index in [2.05, 4.69) is 15.3 Å². The van der Waals surface area contributed by atoms with Crippen LogP contribution in [0, 0.1) is 11.6 Å². The fourth-order valence-electron chi connectivity index (χ4n) is 2.59. The summed E-state index contributed by atoms with van der Waals surface area (Å²) in [6, 6.07) is 6.19. The van der Waals surface area contributed by atoms with Gasteiger partial charge in [-0.2, -0.15) is 0 Å². The molecule has 2 heterocycles. The zero-order valence-corrected chi connectivity index (χ0v) is 13.6. The lowest BCUT2D eigenvalue weighted by atomic mass is 10.2. The number of nitrogens with one attached hydrogen (secondary N) is 2. The minimum absolute atomic E-state index is 0.153. The Bertz CT molecular complexity index is 1110. The van der Waals surface area contributed by atoms with E-state index in [1.807, 2.05) is 0 Å². The van der Waals surface area contributed by atoms with Crippen LogP contribution < -0.4 is 16.6 Å². The first-order valence-electron chi connectivity index (χ1n) is 7.69. The molecule has 0 saturated heterocycles. The normalized spacial score (nSPS) is 12.1. The third-order valence-corrected chi connectivity index (χ3v) is 3.82. The first-order valence-corrected chi connectivity index (χ1v) is 7.69. The molecule has 3 aromatic rings. The quantitative estimate of drug-likeness (QED) is 0.732. The SMILES string of the molecule is CC(NC(=O)Cn1c(=O)[nH]c2ccccc2c1=O)c1ncc(F)cc1F. The number of pyridine rings is 1. The summed E-state index contributed by atoms with van der Waals surface area (Å²) in [6.45, 7) is 0.904. The molecular weight excluding hydrogens is 346 g/mol. The molecule has 26 heavy (non-hydrogen) atoms. The number of aromatic amines is 1. The molecule has 0 saturated carbocycles. The summed E-state index contributed by atoms with van der Waals surface area (Å²) in [5, 5.41) is 2.69. The third kappa shape index (κ3) is 3.37. The van der Waals surface area contributed by atoms with Gasteiger partial charge < -0.3 is 10.3 Å². The first kappa shape index (κ1) is 17.5. The number of amides is 1. The van der Waals surface area contributed by atoms with E-state index in [9.17, 15) is 23.2 Å². The fraction of sp³-hybridized carbons (Fsp3) is 0.176. The predicted octanol–water partition coefficient (Wildman–Crippen LogP) is 1.24. The van der Waals surface area contributed by atoms with Crippen LogP contribution >= 0.6 is 0 Å². The van der Waals surface area contributed by atoms with Crippen molar-refractivity contribution in [3.63, 3.8) is 0 Å². The van der Waals surface area contributed by atoms with Crippen molar-refractivity contribution in [1.29, 1.82) is 0 Å². The highest BCUT2D eigenvalue weighted by atomic mass is 19.1. The second kappa shape index (κ2) is 6.87. The van der Waals surface area contributed by atoms with Gasteiger partial charge in [-0.3, -0.25) is 19.1 Å². The van der Waals surface area contributed by atoms with E-state index >= 15 is 0 Å².